The average molecular weight is 145 g/mol. The summed E-state index contributed by atoms with van der Waals surface area (Å²) in [5, 5.41) is 10.5. The minimum absolute atomic E-state index is 0.0161. The van der Waals surface area contributed by atoms with Crippen molar-refractivity contribution in [3.05, 3.63) is 12.2 Å². The summed E-state index contributed by atoms with van der Waals surface area (Å²) in [7, 11) is 0. The summed E-state index contributed by atoms with van der Waals surface area (Å²) < 4.78 is 4.44. The highest BCUT2D eigenvalue weighted by Crippen LogP contribution is 1.83. The number of rotatable bonds is 4. The lowest BCUT2D eigenvalue weighted by Gasteiger charge is -2.02. The zero-order chi connectivity index (χ0) is 7.98. The van der Waals surface area contributed by atoms with Gasteiger partial charge in [-0.15, -0.1) is 0 Å². The van der Waals surface area contributed by atoms with Crippen LogP contribution >= 0.6 is 0 Å². The molecule has 1 amide bonds. The Labute approximate surface area is 59.5 Å². The van der Waals surface area contributed by atoms with Crippen LogP contribution in [-0.4, -0.2) is 24.5 Å². The summed E-state index contributed by atoms with van der Waals surface area (Å²) >= 11 is 0. The predicted molar refractivity (Wildman–Crippen MR) is 36.0 cm³/mol. The second-order valence-electron chi connectivity index (χ2n) is 1.76. The third-order valence-corrected chi connectivity index (χ3v) is 0.814. The van der Waals surface area contributed by atoms with Gasteiger partial charge in [0.2, 0.25) is 5.91 Å². The van der Waals surface area contributed by atoms with E-state index in [-0.39, 0.29) is 12.6 Å². The molecule has 0 saturated heterocycles. The molecule has 4 nitrogen and oxygen atoms in total. The van der Waals surface area contributed by atoms with Gasteiger partial charge >= 0.3 is 0 Å². The largest absolute Gasteiger partial charge is 0.371 e. The number of ether oxygens (including phenoxy) is 1. The van der Waals surface area contributed by atoms with Crippen LogP contribution in [-0.2, 0) is 9.53 Å². The predicted octanol–water partition coefficient (Wildman–Crippen LogP) is -0.397. The molecule has 0 rings (SSSR count). The van der Waals surface area contributed by atoms with E-state index in [1.807, 2.05) is 0 Å². The van der Waals surface area contributed by atoms with Crippen molar-refractivity contribution in [1.82, 2.24) is 5.32 Å². The molecule has 2 N–H and O–H groups in total. The molecule has 0 unspecified atom stereocenters. The fourth-order valence-electron chi connectivity index (χ4n) is 0.313. The Morgan fingerprint density at radius 1 is 1.80 bits per heavy atom. The van der Waals surface area contributed by atoms with Crippen molar-refractivity contribution in [2.24, 2.45) is 0 Å². The standard InChI is InChI=1S/C6H11NO3/c1-5(2)6(9)7-3-10-4-8/h8H,1,3-4H2,2H3,(H,7,9). The van der Waals surface area contributed by atoms with Gasteiger partial charge in [-0.1, -0.05) is 6.58 Å². The zero-order valence-electron chi connectivity index (χ0n) is 5.89. The SMILES string of the molecule is C=C(C)C(=O)NCOCO. The zero-order valence-corrected chi connectivity index (χ0v) is 5.89. The first-order valence-electron chi connectivity index (χ1n) is 2.80. The Balaban J connectivity index is 3.31. The number of carbonyl (C=O) groups is 1. The molecule has 0 bridgehead atoms. The summed E-state index contributed by atoms with van der Waals surface area (Å²) in [5.74, 6) is -0.270. The van der Waals surface area contributed by atoms with Gasteiger partial charge in [-0.3, -0.25) is 4.79 Å². The number of carbonyl (C=O) groups excluding carboxylic acids is 1. The fraction of sp³-hybridized carbons (Fsp3) is 0.500. The highest BCUT2D eigenvalue weighted by atomic mass is 16.6. The molecule has 0 atom stereocenters. The van der Waals surface area contributed by atoms with Crippen LogP contribution in [0.15, 0.2) is 12.2 Å². The number of hydrogen-bond donors (Lipinski definition) is 2. The molecule has 10 heavy (non-hydrogen) atoms. The van der Waals surface area contributed by atoms with Crippen molar-refractivity contribution < 1.29 is 14.6 Å². The molecule has 0 spiro atoms. The normalized spacial score (nSPS) is 9.00. The van der Waals surface area contributed by atoms with E-state index >= 15 is 0 Å². The summed E-state index contributed by atoms with van der Waals surface area (Å²) in [6.07, 6.45) is 0. The van der Waals surface area contributed by atoms with Crippen LogP contribution in [0.3, 0.4) is 0 Å². The Morgan fingerprint density at radius 2 is 2.40 bits per heavy atom. The van der Waals surface area contributed by atoms with Gasteiger partial charge in [0.25, 0.3) is 0 Å². The average Bonchev–Trinajstić information content (AvgIpc) is 1.88. The quantitative estimate of drug-likeness (QED) is 0.321. The molecule has 0 radical (unpaired) electrons. The molecular weight excluding hydrogens is 134 g/mol. The molecule has 4 heteroatoms. The van der Waals surface area contributed by atoms with E-state index in [1.54, 1.807) is 6.92 Å². The molecule has 0 heterocycles. The second kappa shape index (κ2) is 4.96. The lowest BCUT2D eigenvalue weighted by Crippen LogP contribution is -2.26. The lowest BCUT2D eigenvalue weighted by molar-refractivity contribution is -0.120. The number of hydrogen-bond acceptors (Lipinski definition) is 3. The maximum absolute atomic E-state index is 10.6. The summed E-state index contributed by atoms with van der Waals surface area (Å²) in [4.78, 5) is 10.6. The van der Waals surface area contributed by atoms with Gasteiger partial charge in [0.05, 0.1) is 0 Å². The van der Waals surface area contributed by atoms with Crippen molar-refractivity contribution in [2.45, 2.75) is 6.92 Å². The van der Waals surface area contributed by atoms with Crippen LogP contribution in [0.1, 0.15) is 6.92 Å². The summed E-state index contributed by atoms with van der Waals surface area (Å²) in [6.45, 7) is 4.62. The first-order valence-corrected chi connectivity index (χ1v) is 2.80. The lowest BCUT2D eigenvalue weighted by atomic mass is 10.3. The minimum Gasteiger partial charge on any atom is -0.371 e. The first-order chi connectivity index (χ1) is 4.68. The van der Waals surface area contributed by atoms with Crippen molar-refractivity contribution >= 4 is 5.91 Å². The van der Waals surface area contributed by atoms with Gasteiger partial charge in [0.1, 0.15) is 13.5 Å². The summed E-state index contributed by atoms with van der Waals surface area (Å²) in [5.41, 5.74) is 0.418. The first kappa shape index (κ1) is 9.13. The van der Waals surface area contributed by atoms with Crippen molar-refractivity contribution in [3.8, 4) is 0 Å². The van der Waals surface area contributed by atoms with E-state index in [0.29, 0.717) is 5.57 Å². The maximum atomic E-state index is 10.6. The van der Waals surface area contributed by atoms with Crippen molar-refractivity contribution in [2.75, 3.05) is 13.5 Å². The highest BCUT2D eigenvalue weighted by molar-refractivity contribution is 5.91. The van der Waals surface area contributed by atoms with Crippen LogP contribution in [0.4, 0.5) is 0 Å². The number of nitrogens with one attached hydrogen (secondary N) is 1. The second-order valence-corrected chi connectivity index (χ2v) is 1.76. The topological polar surface area (TPSA) is 58.6 Å². The maximum Gasteiger partial charge on any atom is 0.248 e. The third-order valence-electron chi connectivity index (χ3n) is 0.814. The van der Waals surface area contributed by atoms with Gasteiger partial charge in [0, 0.05) is 5.57 Å². The van der Waals surface area contributed by atoms with E-state index in [1.165, 1.54) is 0 Å². The van der Waals surface area contributed by atoms with E-state index in [9.17, 15) is 4.79 Å². The Morgan fingerprint density at radius 3 is 2.80 bits per heavy atom. The third kappa shape index (κ3) is 4.05. The molecule has 58 valence electrons. The monoisotopic (exact) mass is 145 g/mol. The smallest absolute Gasteiger partial charge is 0.248 e. The molecule has 0 saturated carbocycles. The van der Waals surface area contributed by atoms with Crippen molar-refractivity contribution in [1.29, 1.82) is 0 Å². The molecule has 0 fully saturated rings. The molecule has 0 aliphatic rings. The Hall–Kier alpha value is -0.870. The highest BCUT2D eigenvalue weighted by Gasteiger charge is 1.97. The summed E-state index contributed by atoms with van der Waals surface area (Å²) in [6, 6.07) is 0. The Bertz CT molecular complexity index is 133. The number of aliphatic hydroxyl groups is 1. The van der Waals surface area contributed by atoms with Crippen LogP contribution in [0.5, 0.6) is 0 Å². The number of aliphatic hydroxyl groups excluding tert-OH is 1. The van der Waals surface area contributed by atoms with Gasteiger partial charge < -0.3 is 15.2 Å². The fourth-order valence-corrected chi connectivity index (χ4v) is 0.313. The molecule has 0 aromatic heterocycles. The van der Waals surface area contributed by atoms with Crippen LogP contribution in [0, 0.1) is 0 Å². The van der Waals surface area contributed by atoms with Gasteiger partial charge in [-0.25, -0.2) is 0 Å². The number of amides is 1. The van der Waals surface area contributed by atoms with Crippen LogP contribution in [0.2, 0.25) is 0 Å². The van der Waals surface area contributed by atoms with Gasteiger partial charge in [-0.2, -0.15) is 0 Å². The van der Waals surface area contributed by atoms with E-state index in [0.717, 1.165) is 0 Å². The van der Waals surface area contributed by atoms with E-state index in [2.05, 4.69) is 16.6 Å². The minimum atomic E-state index is -0.392. The van der Waals surface area contributed by atoms with Crippen LogP contribution in [0.25, 0.3) is 0 Å². The molecular formula is C6H11NO3. The molecule has 0 aromatic rings. The molecule has 0 aliphatic carbocycles. The van der Waals surface area contributed by atoms with Gasteiger partial charge in [-0.05, 0) is 6.92 Å². The molecule has 0 aliphatic heterocycles. The molecule has 0 aromatic carbocycles. The Kier molecular flexibility index (Phi) is 4.53. The van der Waals surface area contributed by atoms with Crippen LogP contribution < -0.4 is 5.32 Å². The van der Waals surface area contributed by atoms with E-state index < -0.39 is 6.79 Å². The van der Waals surface area contributed by atoms with Crippen molar-refractivity contribution in [3.63, 3.8) is 0 Å². The van der Waals surface area contributed by atoms with Gasteiger partial charge in [0.15, 0.2) is 0 Å². The van der Waals surface area contributed by atoms with E-state index in [4.69, 9.17) is 5.11 Å².